The number of hydrogen-bond donors (Lipinski definition) is 1. The summed E-state index contributed by atoms with van der Waals surface area (Å²) in [5.74, 6) is 0.944. The number of Topliss-reactive ketones (excluding diaryl/α,β-unsaturated/α-hetero) is 1. The van der Waals surface area contributed by atoms with Crippen molar-refractivity contribution in [1.29, 1.82) is 0 Å². The third-order valence-corrected chi connectivity index (χ3v) is 6.46. The maximum atomic E-state index is 12.0. The van der Waals surface area contributed by atoms with Crippen LogP contribution in [0.3, 0.4) is 0 Å². The summed E-state index contributed by atoms with van der Waals surface area (Å²) in [7, 11) is 0. The van der Waals surface area contributed by atoms with Gasteiger partial charge in [0, 0.05) is 16.7 Å². The standard InChI is InChI=1S/C20H26N2O3/c1-13(23)14-5-7-16(8-6-14)25-12-18(24)22-21-17-11-15-9-10-20(17,4)19(15,2)3/h5-8,15H,9-12H2,1-4H3,(H,22,24)/b21-17+. The number of nitrogens with one attached hydrogen (secondary N) is 1. The molecule has 2 aliphatic rings. The molecule has 1 N–H and O–H groups in total. The van der Waals surface area contributed by atoms with E-state index in [1.165, 1.54) is 13.3 Å². The van der Waals surface area contributed by atoms with Crippen LogP contribution in [-0.4, -0.2) is 24.0 Å². The molecule has 0 saturated heterocycles. The zero-order valence-corrected chi connectivity index (χ0v) is 15.4. The van der Waals surface area contributed by atoms with Gasteiger partial charge in [-0.15, -0.1) is 0 Å². The maximum Gasteiger partial charge on any atom is 0.277 e. The van der Waals surface area contributed by atoms with Crippen LogP contribution in [0.4, 0.5) is 0 Å². The summed E-state index contributed by atoms with van der Waals surface area (Å²) < 4.78 is 5.45. The first-order valence-electron chi connectivity index (χ1n) is 8.84. The molecule has 0 aliphatic heterocycles. The van der Waals surface area contributed by atoms with Crippen molar-refractivity contribution in [2.45, 2.75) is 47.0 Å². The largest absolute Gasteiger partial charge is 0.484 e. The lowest BCUT2D eigenvalue weighted by atomic mass is 9.70. The van der Waals surface area contributed by atoms with Crippen LogP contribution in [-0.2, 0) is 4.79 Å². The fourth-order valence-electron chi connectivity index (χ4n) is 4.19. The maximum absolute atomic E-state index is 12.0. The molecule has 0 radical (unpaired) electrons. The molecule has 2 fully saturated rings. The Morgan fingerprint density at radius 1 is 1.24 bits per heavy atom. The number of ketones is 1. The average Bonchev–Trinajstić information content (AvgIpc) is 2.91. The molecular formula is C20H26N2O3. The third kappa shape index (κ3) is 3.08. The minimum absolute atomic E-state index is 0.00222. The van der Waals surface area contributed by atoms with E-state index in [0.29, 0.717) is 17.2 Å². The lowest BCUT2D eigenvalue weighted by Gasteiger charge is -2.34. The second-order valence-electron chi connectivity index (χ2n) is 7.96. The van der Waals surface area contributed by atoms with E-state index >= 15 is 0 Å². The van der Waals surface area contributed by atoms with E-state index in [9.17, 15) is 9.59 Å². The average molecular weight is 342 g/mol. The summed E-state index contributed by atoms with van der Waals surface area (Å²) in [6.45, 7) is 8.30. The lowest BCUT2D eigenvalue weighted by Crippen LogP contribution is -2.35. The Hall–Kier alpha value is -2.17. The van der Waals surface area contributed by atoms with Gasteiger partial charge in [-0.05, 0) is 61.8 Å². The van der Waals surface area contributed by atoms with Gasteiger partial charge in [0.15, 0.2) is 12.4 Å². The second kappa shape index (κ2) is 6.28. The molecular weight excluding hydrogens is 316 g/mol. The Labute approximate surface area is 148 Å². The van der Waals surface area contributed by atoms with Gasteiger partial charge in [0.1, 0.15) is 5.75 Å². The molecule has 1 amide bonds. The van der Waals surface area contributed by atoms with Crippen molar-refractivity contribution in [2.24, 2.45) is 21.8 Å². The highest BCUT2D eigenvalue weighted by molar-refractivity contribution is 5.95. The van der Waals surface area contributed by atoms with Gasteiger partial charge in [0.05, 0.1) is 0 Å². The highest BCUT2D eigenvalue weighted by Crippen LogP contribution is 2.63. The summed E-state index contributed by atoms with van der Waals surface area (Å²) in [6.07, 6.45) is 3.35. The zero-order chi connectivity index (χ0) is 18.2. The van der Waals surface area contributed by atoms with E-state index in [2.05, 4.69) is 31.3 Å². The Balaban J connectivity index is 1.54. The predicted molar refractivity (Wildman–Crippen MR) is 96.7 cm³/mol. The molecule has 3 rings (SSSR count). The van der Waals surface area contributed by atoms with Crippen molar-refractivity contribution in [3.63, 3.8) is 0 Å². The van der Waals surface area contributed by atoms with Gasteiger partial charge in [-0.3, -0.25) is 9.59 Å². The smallest absolute Gasteiger partial charge is 0.277 e. The number of benzene rings is 1. The van der Waals surface area contributed by atoms with Crippen molar-refractivity contribution in [2.75, 3.05) is 6.61 Å². The summed E-state index contributed by atoms with van der Waals surface area (Å²) in [4.78, 5) is 23.3. The molecule has 1 aromatic carbocycles. The van der Waals surface area contributed by atoms with Crippen LogP contribution in [0.1, 0.15) is 57.3 Å². The van der Waals surface area contributed by atoms with Crippen LogP contribution < -0.4 is 10.2 Å². The lowest BCUT2D eigenvalue weighted by molar-refractivity contribution is -0.123. The number of fused-ring (bicyclic) bond motifs is 2. The minimum Gasteiger partial charge on any atom is -0.484 e. The van der Waals surface area contributed by atoms with E-state index in [1.807, 2.05) is 0 Å². The molecule has 2 bridgehead atoms. The van der Waals surface area contributed by atoms with Crippen LogP contribution in [0.5, 0.6) is 5.75 Å². The van der Waals surface area contributed by atoms with E-state index in [4.69, 9.17) is 4.74 Å². The van der Waals surface area contributed by atoms with Crippen LogP contribution >= 0.6 is 0 Å². The van der Waals surface area contributed by atoms with Crippen molar-refractivity contribution in [3.05, 3.63) is 29.8 Å². The Morgan fingerprint density at radius 2 is 1.92 bits per heavy atom. The van der Waals surface area contributed by atoms with E-state index < -0.39 is 0 Å². The van der Waals surface area contributed by atoms with Crippen molar-refractivity contribution in [3.8, 4) is 5.75 Å². The number of amides is 1. The third-order valence-electron chi connectivity index (χ3n) is 6.46. The number of hydrazone groups is 1. The fourth-order valence-corrected chi connectivity index (χ4v) is 4.19. The molecule has 5 nitrogen and oxygen atoms in total. The second-order valence-corrected chi connectivity index (χ2v) is 7.96. The topological polar surface area (TPSA) is 67.8 Å². The summed E-state index contributed by atoms with van der Waals surface area (Å²) >= 11 is 0. The summed E-state index contributed by atoms with van der Waals surface area (Å²) in [5, 5.41) is 4.42. The number of carbonyl (C=O) groups excluding carboxylic acids is 2. The van der Waals surface area contributed by atoms with Gasteiger partial charge < -0.3 is 4.74 Å². The SMILES string of the molecule is CC(=O)c1ccc(OCC(=O)N/N=C2\CC3CCC2(C)C3(C)C)cc1. The van der Waals surface area contributed by atoms with Crippen molar-refractivity contribution in [1.82, 2.24) is 5.43 Å². The van der Waals surface area contributed by atoms with Crippen LogP contribution in [0.2, 0.25) is 0 Å². The van der Waals surface area contributed by atoms with Crippen LogP contribution in [0.15, 0.2) is 29.4 Å². The molecule has 5 heteroatoms. The van der Waals surface area contributed by atoms with E-state index in [1.54, 1.807) is 24.3 Å². The molecule has 0 spiro atoms. The first-order valence-corrected chi connectivity index (χ1v) is 8.84. The fraction of sp³-hybridized carbons (Fsp3) is 0.550. The van der Waals surface area contributed by atoms with Gasteiger partial charge >= 0.3 is 0 Å². The van der Waals surface area contributed by atoms with Gasteiger partial charge in [-0.1, -0.05) is 20.8 Å². The highest BCUT2D eigenvalue weighted by Gasteiger charge is 2.59. The van der Waals surface area contributed by atoms with Crippen LogP contribution in [0, 0.1) is 16.7 Å². The number of ether oxygens (including phenoxy) is 1. The first kappa shape index (κ1) is 17.6. The predicted octanol–water partition coefficient (Wildman–Crippen LogP) is 3.59. The molecule has 2 saturated carbocycles. The van der Waals surface area contributed by atoms with E-state index in [0.717, 1.165) is 18.6 Å². The molecule has 2 unspecified atom stereocenters. The normalized spacial score (nSPS) is 28.2. The van der Waals surface area contributed by atoms with Crippen LogP contribution in [0.25, 0.3) is 0 Å². The highest BCUT2D eigenvalue weighted by atomic mass is 16.5. The number of nitrogens with zero attached hydrogens (tertiary/aromatic N) is 1. The Morgan fingerprint density at radius 3 is 2.44 bits per heavy atom. The van der Waals surface area contributed by atoms with Gasteiger partial charge in [0.25, 0.3) is 5.91 Å². The number of carbonyl (C=O) groups is 2. The molecule has 2 aliphatic carbocycles. The number of hydrogen-bond acceptors (Lipinski definition) is 4. The van der Waals surface area contributed by atoms with Crippen molar-refractivity contribution < 1.29 is 14.3 Å². The Bertz CT molecular complexity index is 721. The molecule has 0 aromatic heterocycles. The molecule has 1 aromatic rings. The quantitative estimate of drug-likeness (QED) is 0.657. The zero-order valence-electron chi connectivity index (χ0n) is 15.4. The van der Waals surface area contributed by atoms with Crippen molar-refractivity contribution >= 4 is 17.4 Å². The molecule has 134 valence electrons. The molecule has 25 heavy (non-hydrogen) atoms. The number of rotatable bonds is 5. The molecule has 0 heterocycles. The minimum atomic E-state index is -0.271. The first-order chi connectivity index (χ1) is 11.7. The Kier molecular flexibility index (Phi) is 4.43. The van der Waals surface area contributed by atoms with Gasteiger partial charge in [-0.2, -0.15) is 5.10 Å². The van der Waals surface area contributed by atoms with Gasteiger partial charge in [-0.25, -0.2) is 5.43 Å². The summed E-state index contributed by atoms with van der Waals surface area (Å²) in [5.41, 5.74) is 4.69. The molecule has 2 atom stereocenters. The van der Waals surface area contributed by atoms with E-state index in [-0.39, 0.29) is 29.1 Å². The monoisotopic (exact) mass is 342 g/mol. The summed E-state index contributed by atoms with van der Waals surface area (Å²) in [6, 6.07) is 6.76. The van der Waals surface area contributed by atoms with Gasteiger partial charge in [0.2, 0.25) is 0 Å².